The molecule has 0 saturated heterocycles. The fourth-order valence-electron chi connectivity index (χ4n) is 2.33. The highest BCUT2D eigenvalue weighted by atomic mass is 16.3. The van der Waals surface area contributed by atoms with Gasteiger partial charge in [-0.1, -0.05) is 69.7 Å². The molecule has 1 aromatic rings. The Morgan fingerprint density at radius 1 is 1.05 bits per heavy atom. The molecular formula is C17H26O2. The van der Waals surface area contributed by atoms with Crippen LogP contribution in [0.1, 0.15) is 68.9 Å². The maximum Gasteiger partial charge on any atom is 0.127 e. The Balaban J connectivity index is 2.33. The van der Waals surface area contributed by atoms with Gasteiger partial charge in [-0.25, -0.2) is 0 Å². The lowest BCUT2D eigenvalue weighted by atomic mass is 9.93. The minimum Gasteiger partial charge on any atom is -0.392 e. The molecule has 0 aliphatic heterocycles. The summed E-state index contributed by atoms with van der Waals surface area (Å²) in [7, 11) is 0. The van der Waals surface area contributed by atoms with E-state index in [-0.39, 0.29) is 12.5 Å². The van der Waals surface area contributed by atoms with E-state index in [1.807, 2.05) is 24.3 Å². The zero-order valence-corrected chi connectivity index (χ0v) is 12.0. The third-order valence-electron chi connectivity index (χ3n) is 3.62. The number of rotatable bonds is 10. The number of aliphatic hydroxyl groups is 1. The number of carbonyl (C=O) groups excluding carboxylic acids is 1. The Morgan fingerprint density at radius 3 is 2.26 bits per heavy atom. The largest absolute Gasteiger partial charge is 0.392 e. The molecule has 1 unspecified atom stereocenters. The first-order valence-electron chi connectivity index (χ1n) is 7.46. The van der Waals surface area contributed by atoms with Gasteiger partial charge in [-0.2, -0.15) is 0 Å². The fraction of sp³-hybridized carbons (Fsp3) is 0.588. The molecule has 0 bridgehead atoms. The molecule has 2 nitrogen and oxygen atoms in total. The van der Waals surface area contributed by atoms with Crippen molar-refractivity contribution in [3.63, 3.8) is 0 Å². The zero-order chi connectivity index (χ0) is 13.9. The molecule has 0 aliphatic carbocycles. The lowest BCUT2D eigenvalue weighted by Crippen LogP contribution is -2.00. The number of unbranched alkanes of at least 4 members (excludes halogenated alkanes) is 5. The van der Waals surface area contributed by atoms with Crippen LogP contribution < -0.4 is 0 Å². The van der Waals surface area contributed by atoms with E-state index in [4.69, 9.17) is 5.11 Å². The molecular weight excluding hydrogens is 236 g/mol. The smallest absolute Gasteiger partial charge is 0.127 e. The van der Waals surface area contributed by atoms with Gasteiger partial charge >= 0.3 is 0 Å². The Hall–Kier alpha value is -1.15. The number of aliphatic hydroxyl groups excluding tert-OH is 1. The molecule has 0 fully saturated rings. The van der Waals surface area contributed by atoms with Crippen LogP contribution in [0.3, 0.4) is 0 Å². The van der Waals surface area contributed by atoms with Crippen LogP contribution in [0.5, 0.6) is 0 Å². The molecule has 19 heavy (non-hydrogen) atoms. The van der Waals surface area contributed by atoms with Crippen LogP contribution in [-0.4, -0.2) is 11.4 Å². The normalized spacial score (nSPS) is 12.3. The van der Waals surface area contributed by atoms with Gasteiger partial charge in [0.25, 0.3) is 0 Å². The summed E-state index contributed by atoms with van der Waals surface area (Å²) in [4.78, 5) is 11.2. The van der Waals surface area contributed by atoms with E-state index in [0.717, 1.165) is 30.3 Å². The predicted molar refractivity (Wildman–Crippen MR) is 79.2 cm³/mol. The van der Waals surface area contributed by atoms with E-state index in [1.165, 1.54) is 32.1 Å². The highest BCUT2D eigenvalue weighted by Crippen LogP contribution is 2.21. The second-order valence-electron chi connectivity index (χ2n) is 5.20. The van der Waals surface area contributed by atoms with Crippen molar-refractivity contribution in [3.05, 3.63) is 35.4 Å². The number of aldehydes is 1. The standard InChI is InChI=1S/C17H26O2/c1-2-3-4-5-6-7-8-17(14-19)16-11-9-15(13-18)10-12-16/h9-12,14,17-18H,2-8,13H2,1H3. The molecule has 2 heteroatoms. The van der Waals surface area contributed by atoms with E-state index in [0.29, 0.717) is 0 Å². The molecule has 106 valence electrons. The molecule has 0 aliphatic rings. The van der Waals surface area contributed by atoms with Gasteiger partial charge in [-0.3, -0.25) is 0 Å². The van der Waals surface area contributed by atoms with Crippen LogP contribution in [0, 0.1) is 0 Å². The summed E-state index contributed by atoms with van der Waals surface area (Å²) in [5, 5.41) is 9.00. The van der Waals surface area contributed by atoms with Crippen LogP contribution >= 0.6 is 0 Å². The topological polar surface area (TPSA) is 37.3 Å². The van der Waals surface area contributed by atoms with Gasteiger partial charge in [0.2, 0.25) is 0 Å². The minimum absolute atomic E-state index is 0.0129. The molecule has 0 saturated carbocycles. The van der Waals surface area contributed by atoms with E-state index in [2.05, 4.69) is 6.92 Å². The van der Waals surface area contributed by atoms with E-state index >= 15 is 0 Å². The molecule has 0 radical (unpaired) electrons. The summed E-state index contributed by atoms with van der Waals surface area (Å²) in [6.07, 6.45) is 9.52. The van der Waals surface area contributed by atoms with E-state index < -0.39 is 0 Å². The molecule has 0 aromatic heterocycles. The Labute approximate surface area is 116 Å². The van der Waals surface area contributed by atoms with Gasteiger partial charge in [0.05, 0.1) is 6.61 Å². The summed E-state index contributed by atoms with van der Waals surface area (Å²) < 4.78 is 0. The van der Waals surface area contributed by atoms with Gasteiger partial charge in [-0.05, 0) is 17.5 Å². The summed E-state index contributed by atoms with van der Waals surface area (Å²) in [5.41, 5.74) is 1.97. The summed E-state index contributed by atoms with van der Waals surface area (Å²) in [6.45, 7) is 2.28. The van der Waals surface area contributed by atoms with Crippen molar-refractivity contribution in [1.29, 1.82) is 0 Å². The van der Waals surface area contributed by atoms with E-state index in [9.17, 15) is 4.79 Å². The minimum atomic E-state index is 0.0129. The first-order chi connectivity index (χ1) is 9.31. The van der Waals surface area contributed by atoms with Crippen LogP contribution in [0.25, 0.3) is 0 Å². The van der Waals surface area contributed by atoms with Gasteiger partial charge in [0.1, 0.15) is 6.29 Å². The fourth-order valence-corrected chi connectivity index (χ4v) is 2.33. The number of hydrogen-bond donors (Lipinski definition) is 1. The Bertz CT molecular complexity index is 343. The SMILES string of the molecule is CCCCCCCCC(C=O)c1ccc(CO)cc1. The summed E-state index contributed by atoms with van der Waals surface area (Å²) in [5.74, 6) is 0.0129. The maximum atomic E-state index is 11.2. The maximum absolute atomic E-state index is 11.2. The highest BCUT2D eigenvalue weighted by molar-refractivity contribution is 5.62. The van der Waals surface area contributed by atoms with Crippen LogP contribution in [0.4, 0.5) is 0 Å². The van der Waals surface area contributed by atoms with Crippen molar-refractivity contribution in [2.45, 2.75) is 64.4 Å². The molecule has 0 heterocycles. The first kappa shape index (κ1) is 15.9. The quantitative estimate of drug-likeness (QED) is 0.506. The Kier molecular flexibility index (Phi) is 8.15. The summed E-state index contributed by atoms with van der Waals surface area (Å²) in [6, 6.07) is 7.71. The lowest BCUT2D eigenvalue weighted by Gasteiger charge is -2.11. The van der Waals surface area contributed by atoms with Gasteiger partial charge in [0.15, 0.2) is 0 Å². The van der Waals surface area contributed by atoms with Gasteiger partial charge < -0.3 is 9.90 Å². The highest BCUT2D eigenvalue weighted by Gasteiger charge is 2.09. The first-order valence-corrected chi connectivity index (χ1v) is 7.46. The lowest BCUT2D eigenvalue weighted by molar-refractivity contribution is -0.109. The molecule has 1 N–H and O–H groups in total. The zero-order valence-electron chi connectivity index (χ0n) is 12.0. The molecule has 1 aromatic carbocycles. The third-order valence-corrected chi connectivity index (χ3v) is 3.62. The monoisotopic (exact) mass is 262 g/mol. The second-order valence-corrected chi connectivity index (χ2v) is 5.20. The van der Waals surface area contributed by atoms with Crippen molar-refractivity contribution < 1.29 is 9.90 Å². The molecule has 0 spiro atoms. The second kappa shape index (κ2) is 9.74. The Morgan fingerprint density at radius 2 is 1.68 bits per heavy atom. The molecule has 1 atom stereocenters. The molecule has 0 amide bonds. The molecule has 1 rings (SSSR count). The van der Waals surface area contributed by atoms with Crippen molar-refractivity contribution in [2.24, 2.45) is 0 Å². The van der Waals surface area contributed by atoms with Crippen molar-refractivity contribution >= 4 is 6.29 Å². The van der Waals surface area contributed by atoms with Gasteiger partial charge in [0, 0.05) is 5.92 Å². The van der Waals surface area contributed by atoms with E-state index in [1.54, 1.807) is 0 Å². The van der Waals surface area contributed by atoms with Crippen molar-refractivity contribution in [3.8, 4) is 0 Å². The number of hydrogen-bond acceptors (Lipinski definition) is 2. The number of carbonyl (C=O) groups is 1. The van der Waals surface area contributed by atoms with Crippen LogP contribution in [0.2, 0.25) is 0 Å². The average Bonchev–Trinajstić information content (AvgIpc) is 2.47. The average molecular weight is 262 g/mol. The van der Waals surface area contributed by atoms with Gasteiger partial charge in [-0.15, -0.1) is 0 Å². The van der Waals surface area contributed by atoms with Crippen LogP contribution in [-0.2, 0) is 11.4 Å². The van der Waals surface area contributed by atoms with Crippen LogP contribution in [0.15, 0.2) is 24.3 Å². The van der Waals surface area contributed by atoms with Crippen molar-refractivity contribution in [2.75, 3.05) is 0 Å². The number of benzene rings is 1. The van der Waals surface area contributed by atoms with Crippen molar-refractivity contribution in [1.82, 2.24) is 0 Å². The summed E-state index contributed by atoms with van der Waals surface area (Å²) >= 11 is 0. The third kappa shape index (κ3) is 6.02. The predicted octanol–water partition coefficient (Wildman–Crippen LogP) is 4.21.